The van der Waals surface area contributed by atoms with E-state index < -0.39 is 0 Å². The van der Waals surface area contributed by atoms with E-state index in [2.05, 4.69) is 24.9 Å². The molecule has 2 bridgehead atoms. The maximum absolute atomic E-state index is 13.5. The lowest BCUT2D eigenvalue weighted by Gasteiger charge is -2.55. The second-order valence-corrected chi connectivity index (χ2v) is 5.96. The molecule has 0 saturated heterocycles. The molecule has 3 aliphatic carbocycles. The number of hydrogen-bond donors (Lipinski definition) is 0. The van der Waals surface area contributed by atoms with E-state index in [4.69, 9.17) is 0 Å². The molecular weight excluding hydrogens is 225 g/mol. The smallest absolute Gasteiger partial charge is 0.148 e. The van der Waals surface area contributed by atoms with Gasteiger partial charge in [0.15, 0.2) is 0 Å². The fraction of sp³-hybridized carbons (Fsp3) is 0.438. The molecule has 0 aromatic heterocycles. The van der Waals surface area contributed by atoms with Gasteiger partial charge in [-0.1, -0.05) is 32.1 Å². The first kappa shape index (κ1) is 11.6. The van der Waals surface area contributed by atoms with E-state index in [1.807, 2.05) is 12.3 Å². The second kappa shape index (κ2) is 4.04. The highest BCUT2D eigenvalue weighted by Crippen LogP contribution is 2.58. The minimum Gasteiger partial charge on any atom is -0.254 e. The molecule has 3 aliphatic rings. The minimum atomic E-state index is -0.254. The molecule has 1 nitrogen and oxygen atoms in total. The lowest BCUT2D eigenvalue weighted by Crippen LogP contribution is -2.48. The number of fused-ring (bicyclic) bond motifs is 1. The molecule has 0 radical (unpaired) electrons. The molecule has 1 aromatic carbocycles. The summed E-state index contributed by atoms with van der Waals surface area (Å²) < 4.78 is 13.5. The molecule has 0 N–H and O–H groups in total. The lowest BCUT2D eigenvalue weighted by atomic mass is 9.49. The zero-order valence-corrected chi connectivity index (χ0v) is 10.9. The standard InChI is InChI=1S/C16H18FN/c1-16(2)12-8-7-11(13(16)9-12)10-18-15-6-4-3-5-14(15)17/h3-7,10,12-13H,8-9H2,1-2H3/t12-,13-/m0/s1. The van der Waals surface area contributed by atoms with Gasteiger partial charge < -0.3 is 0 Å². The molecule has 0 unspecified atom stereocenters. The van der Waals surface area contributed by atoms with Gasteiger partial charge in [0.25, 0.3) is 0 Å². The van der Waals surface area contributed by atoms with Gasteiger partial charge in [-0.15, -0.1) is 0 Å². The Hall–Kier alpha value is -1.44. The number of hydrogen-bond acceptors (Lipinski definition) is 1. The van der Waals surface area contributed by atoms with Gasteiger partial charge in [0.1, 0.15) is 5.82 Å². The van der Waals surface area contributed by atoms with Crippen LogP contribution in [-0.2, 0) is 0 Å². The molecule has 18 heavy (non-hydrogen) atoms. The summed E-state index contributed by atoms with van der Waals surface area (Å²) in [6.07, 6.45) is 6.54. The summed E-state index contributed by atoms with van der Waals surface area (Å²) in [7, 11) is 0. The predicted octanol–water partition coefficient (Wildman–Crippen LogP) is 4.52. The van der Waals surface area contributed by atoms with E-state index in [0.717, 1.165) is 12.3 Å². The second-order valence-electron chi connectivity index (χ2n) is 5.96. The summed E-state index contributed by atoms with van der Waals surface area (Å²) >= 11 is 0. The Labute approximate surface area is 107 Å². The number of para-hydroxylation sites is 1. The van der Waals surface area contributed by atoms with E-state index in [1.54, 1.807) is 12.1 Å². The third-order valence-electron chi connectivity index (χ3n) is 4.72. The number of halogens is 1. The molecule has 0 heterocycles. The number of rotatable bonds is 2. The number of aliphatic imine (C=N–C) groups is 1. The predicted molar refractivity (Wildman–Crippen MR) is 72.6 cm³/mol. The van der Waals surface area contributed by atoms with Gasteiger partial charge >= 0.3 is 0 Å². The lowest BCUT2D eigenvalue weighted by molar-refractivity contribution is -0.00123. The first-order chi connectivity index (χ1) is 8.59. The van der Waals surface area contributed by atoms with Crippen molar-refractivity contribution in [2.24, 2.45) is 22.2 Å². The molecule has 4 rings (SSSR count). The van der Waals surface area contributed by atoms with Crippen molar-refractivity contribution in [2.75, 3.05) is 0 Å². The molecule has 0 spiro atoms. The van der Waals surface area contributed by atoms with Crippen LogP contribution in [-0.4, -0.2) is 6.21 Å². The van der Waals surface area contributed by atoms with Crippen molar-refractivity contribution >= 4 is 11.9 Å². The third kappa shape index (κ3) is 1.71. The Morgan fingerprint density at radius 1 is 1.33 bits per heavy atom. The van der Waals surface area contributed by atoms with E-state index in [1.165, 1.54) is 18.1 Å². The zero-order chi connectivity index (χ0) is 12.8. The number of benzene rings is 1. The number of allylic oxidation sites excluding steroid dienone is 2. The van der Waals surface area contributed by atoms with Gasteiger partial charge in [-0.25, -0.2) is 4.39 Å². The molecule has 1 aromatic rings. The third-order valence-corrected chi connectivity index (χ3v) is 4.72. The van der Waals surface area contributed by atoms with Crippen LogP contribution in [0.3, 0.4) is 0 Å². The Bertz CT molecular complexity index is 528. The van der Waals surface area contributed by atoms with Crippen LogP contribution >= 0.6 is 0 Å². The van der Waals surface area contributed by atoms with Gasteiger partial charge in [0.2, 0.25) is 0 Å². The van der Waals surface area contributed by atoms with Crippen molar-refractivity contribution in [3.8, 4) is 0 Å². The Morgan fingerprint density at radius 2 is 2.11 bits per heavy atom. The van der Waals surface area contributed by atoms with E-state index in [9.17, 15) is 4.39 Å². The van der Waals surface area contributed by atoms with Crippen molar-refractivity contribution in [3.63, 3.8) is 0 Å². The summed E-state index contributed by atoms with van der Waals surface area (Å²) in [6.45, 7) is 4.66. The van der Waals surface area contributed by atoms with Crippen LogP contribution in [0.5, 0.6) is 0 Å². The summed E-state index contributed by atoms with van der Waals surface area (Å²) in [5, 5.41) is 0. The van der Waals surface area contributed by atoms with Crippen LogP contribution in [0.4, 0.5) is 10.1 Å². The van der Waals surface area contributed by atoms with Gasteiger partial charge in [0, 0.05) is 6.21 Å². The van der Waals surface area contributed by atoms with Crippen molar-refractivity contribution in [3.05, 3.63) is 41.7 Å². The Balaban J connectivity index is 1.82. The fourth-order valence-electron chi connectivity index (χ4n) is 3.25. The summed E-state index contributed by atoms with van der Waals surface area (Å²) in [5.74, 6) is 1.18. The molecule has 1 saturated carbocycles. The molecule has 2 atom stereocenters. The van der Waals surface area contributed by atoms with Crippen LogP contribution in [0.2, 0.25) is 0 Å². The van der Waals surface area contributed by atoms with Crippen LogP contribution in [0.15, 0.2) is 40.9 Å². The van der Waals surface area contributed by atoms with Gasteiger partial charge in [-0.3, -0.25) is 4.99 Å². The highest BCUT2D eigenvalue weighted by atomic mass is 19.1. The molecule has 0 aliphatic heterocycles. The molecule has 1 fully saturated rings. The van der Waals surface area contributed by atoms with Gasteiger partial charge in [0.05, 0.1) is 5.69 Å². The van der Waals surface area contributed by atoms with Crippen molar-refractivity contribution < 1.29 is 4.39 Å². The quantitative estimate of drug-likeness (QED) is 0.677. The maximum Gasteiger partial charge on any atom is 0.148 e. The largest absolute Gasteiger partial charge is 0.254 e. The summed E-state index contributed by atoms with van der Waals surface area (Å²) in [6, 6.07) is 6.66. The number of nitrogens with zero attached hydrogens (tertiary/aromatic N) is 1. The average molecular weight is 243 g/mol. The zero-order valence-electron chi connectivity index (χ0n) is 10.9. The Morgan fingerprint density at radius 3 is 2.78 bits per heavy atom. The summed E-state index contributed by atoms with van der Waals surface area (Å²) in [5.41, 5.74) is 2.11. The maximum atomic E-state index is 13.5. The van der Waals surface area contributed by atoms with E-state index in [-0.39, 0.29) is 5.82 Å². The van der Waals surface area contributed by atoms with Crippen molar-refractivity contribution in [1.29, 1.82) is 0 Å². The highest BCUT2D eigenvalue weighted by molar-refractivity contribution is 5.82. The summed E-state index contributed by atoms with van der Waals surface area (Å²) in [4.78, 5) is 4.30. The van der Waals surface area contributed by atoms with Crippen LogP contribution in [0.1, 0.15) is 26.7 Å². The topological polar surface area (TPSA) is 12.4 Å². The minimum absolute atomic E-state index is 0.254. The van der Waals surface area contributed by atoms with Crippen LogP contribution in [0.25, 0.3) is 0 Å². The van der Waals surface area contributed by atoms with Crippen molar-refractivity contribution in [2.45, 2.75) is 26.7 Å². The van der Waals surface area contributed by atoms with Gasteiger partial charge in [-0.05, 0) is 47.8 Å². The molecule has 0 amide bonds. The van der Waals surface area contributed by atoms with Crippen LogP contribution < -0.4 is 0 Å². The SMILES string of the molecule is CC1(C)[C@H]2CC=C(C=Nc3ccccc3F)[C@@H]1C2. The molecule has 2 heteroatoms. The van der Waals surface area contributed by atoms with E-state index >= 15 is 0 Å². The average Bonchev–Trinajstić information content (AvgIpc) is 2.38. The fourth-order valence-corrected chi connectivity index (χ4v) is 3.25. The van der Waals surface area contributed by atoms with Gasteiger partial charge in [-0.2, -0.15) is 0 Å². The van der Waals surface area contributed by atoms with Crippen molar-refractivity contribution in [1.82, 2.24) is 0 Å². The van der Waals surface area contributed by atoms with Crippen LogP contribution in [0, 0.1) is 23.1 Å². The van der Waals surface area contributed by atoms with E-state index in [0.29, 0.717) is 17.0 Å². The molecular formula is C16H18FN. The molecule has 94 valence electrons. The monoisotopic (exact) mass is 243 g/mol. The Kier molecular flexibility index (Phi) is 2.61. The highest BCUT2D eigenvalue weighted by Gasteiger charge is 2.50. The normalized spacial score (nSPS) is 28.9. The first-order valence-electron chi connectivity index (χ1n) is 6.57. The first-order valence-corrected chi connectivity index (χ1v) is 6.57.